The molecule has 78 valence electrons. The van der Waals surface area contributed by atoms with Crippen molar-refractivity contribution in [1.29, 1.82) is 0 Å². The van der Waals surface area contributed by atoms with Gasteiger partial charge in [0.2, 0.25) is 9.84 Å². The van der Waals surface area contributed by atoms with E-state index in [1.165, 1.54) is 0 Å². The molecule has 0 aliphatic carbocycles. The van der Waals surface area contributed by atoms with Crippen LogP contribution in [0, 0.1) is 0 Å². The van der Waals surface area contributed by atoms with Gasteiger partial charge in [0.15, 0.2) is 0 Å². The van der Waals surface area contributed by atoms with Gasteiger partial charge in [-0.1, -0.05) is 0 Å². The van der Waals surface area contributed by atoms with E-state index >= 15 is 0 Å². The Bertz CT molecular complexity index is 382. The molecule has 1 rings (SSSR count). The molecule has 1 aliphatic heterocycles. The van der Waals surface area contributed by atoms with Crippen LogP contribution in [0.1, 0.15) is 6.42 Å². The SMILES string of the molecule is CS(=O)(=O)C1(CCCl)OS(=O)(=O)O1. The molecule has 0 spiro atoms. The molecule has 0 amide bonds. The number of halogens is 1. The van der Waals surface area contributed by atoms with Crippen molar-refractivity contribution in [2.75, 3.05) is 12.1 Å². The summed E-state index contributed by atoms with van der Waals surface area (Å²) in [5.74, 6) is -0.0808. The first-order chi connectivity index (χ1) is 5.72. The molecule has 0 aromatic rings. The summed E-state index contributed by atoms with van der Waals surface area (Å²) in [6.45, 7) is 0. The molecule has 6 nitrogen and oxygen atoms in total. The number of hydrogen-bond acceptors (Lipinski definition) is 6. The van der Waals surface area contributed by atoms with Crippen LogP contribution in [0.4, 0.5) is 0 Å². The second-order valence-electron chi connectivity index (χ2n) is 2.47. The summed E-state index contributed by atoms with van der Waals surface area (Å²) in [6.07, 6.45) is 0.584. The lowest BCUT2D eigenvalue weighted by atomic mass is 10.5. The molecule has 0 radical (unpaired) electrons. The molecule has 1 fully saturated rings. The molecule has 0 aromatic heterocycles. The lowest BCUT2D eigenvalue weighted by Crippen LogP contribution is -2.55. The number of rotatable bonds is 3. The van der Waals surface area contributed by atoms with Crippen molar-refractivity contribution >= 4 is 31.8 Å². The Morgan fingerprint density at radius 2 is 1.85 bits per heavy atom. The van der Waals surface area contributed by atoms with E-state index in [4.69, 9.17) is 11.6 Å². The standard InChI is InChI=1S/C4H7ClO6S2/c1-12(6,7)4(2-3-5)10-13(8,9)11-4/h2-3H2,1H3. The minimum Gasteiger partial charge on any atom is -0.223 e. The van der Waals surface area contributed by atoms with Gasteiger partial charge in [0, 0.05) is 18.6 Å². The van der Waals surface area contributed by atoms with Crippen molar-refractivity contribution in [3.05, 3.63) is 0 Å². The quantitative estimate of drug-likeness (QED) is 0.634. The van der Waals surface area contributed by atoms with Gasteiger partial charge >= 0.3 is 15.5 Å². The van der Waals surface area contributed by atoms with E-state index in [1.807, 2.05) is 0 Å². The van der Waals surface area contributed by atoms with Gasteiger partial charge in [-0.25, -0.2) is 8.42 Å². The summed E-state index contributed by atoms with van der Waals surface area (Å²) < 4.78 is 51.4. The number of hydrogen-bond donors (Lipinski definition) is 0. The molecule has 1 saturated heterocycles. The third-order valence-electron chi connectivity index (χ3n) is 1.42. The van der Waals surface area contributed by atoms with Crippen LogP contribution in [-0.2, 0) is 28.6 Å². The topological polar surface area (TPSA) is 86.7 Å². The summed E-state index contributed by atoms with van der Waals surface area (Å²) in [4.78, 5) is 0. The fraction of sp³-hybridized carbons (Fsp3) is 1.00. The first-order valence-corrected chi connectivity index (χ1v) is 6.90. The third kappa shape index (κ3) is 1.96. The molecule has 0 atom stereocenters. The Morgan fingerprint density at radius 1 is 1.38 bits per heavy atom. The molecule has 0 N–H and O–H groups in total. The summed E-state index contributed by atoms with van der Waals surface area (Å²) in [5, 5.41) is -2.10. The second-order valence-corrected chi connectivity index (χ2v) is 6.16. The van der Waals surface area contributed by atoms with Gasteiger partial charge in [0.05, 0.1) is 0 Å². The van der Waals surface area contributed by atoms with E-state index in [0.717, 1.165) is 6.26 Å². The van der Waals surface area contributed by atoms with Crippen LogP contribution >= 0.6 is 11.6 Å². The monoisotopic (exact) mass is 250 g/mol. The molecular formula is C4H7ClO6S2. The van der Waals surface area contributed by atoms with Gasteiger partial charge in [-0.2, -0.15) is 16.8 Å². The first-order valence-electron chi connectivity index (χ1n) is 3.14. The molecular weight excluding hydrogens is 244 g/mol. The molecule has 1 aliphatic rings. The van der Waals surface area contributed by atoms with Crippen LogP contribution in [0.25, 0.3) is 0 Å². The van der Waals surface area contributed by atoms with Crippen molar-refractivity contribution < 1.29 is 25.2 Å². The van der Waals surface area contributed by atoms with Crippen LogP contribution in [0.15, 0.2) is 0 Å². The van der Waals surface area contributed by atoms with Crippen molar-refractivity contribution in [3.8, 4) is 0 Å². The molecule has 9 heteroatoms. The van der Waals surface area contributed by atoms with Crippen molar-refractivity contribution in [1.82, 2.24) is 0 Å². The highest BCUT2D eigenvalue weighted by Crippen LogP contribution is 2.38. The highest BCUT2D eigenvalue weighted by molar-refractivity contribution is 7.94. The van der Waals surface area contributed by atoms with Crippen LogP contribution in [0.3, 0.4) is 0 Å². The minimum absolute atomic E-state index is 0.0808. The Morgan fingerprint density at radius 3 is 2.08 bits per heavy atom. The zero-order valence-corrected chi connectivity index (χ0v) is 8.95. The van der Waals surface area contributed by atoms with E-state index in [1.54, 1.807) is 0 Å². The Balaban J connectivity index is 2.97. The molecule has 0 aromatic carbocycles. The van der Waals surface area contributed by atoms with Crippen molar-refractivity contribution in [3.63, 3.8) is 0 Å². The van der Waals surface area contributed by atoms with Crippen molar-refractivity contribution in [2.24, 2.45) is 0 Å². The number of sulfone groups is 1. The van der Waals surface area contributed by atoms with E-state index in [-0.39, 0.29) is 12.3 Å². The predicted molar refractivity (Wildman–Crippen MR) is 44.0 cm³/mol. The largest absolute Gasteiger partial charge is 0.407 e. The molecule has 1 heterocycles. The maximum absolute atomic E-state index is 11.0. The smallest absolute Gasteiger partial charge is 0.223 e. The Labute approximate surface area is 81.0 Å². The normalized spacial score (nSPS) is 25.1. The average molecular weight is 251 g/mol. The summed E-state index contributed by atoms with van der Waals surface area (Å²) in [5.41, 5.74) is 0. The van der Waals surface area contributed by atoms with Gasteiger partial charge in [-0.15, -0.1) is 11.6 Å². The van der Waals surface area contributed by atoms with Crippen LogP contribution in [0.2, 0.25) is 0 Å². The Hall–Kier alpha value is 0.110. The van der Waals surface area contributed by atoms with Gasteiger partial charge in [0.25, 0.3) is 0 Å². The van der Waals surface area contributed by atoms with E-state index in [0.29, 0.717) is 0 Å². The van der Waals surface area contributed by atoms with Crippen LogP contribution in [0.5, 0.6) is 0 Å². The minimum atomic E-state index is -4.13. The number of alkyl halides is 1. The van der Waals surface area contributed by atoms with E-state index < -0.39 is 25.4 Å². The van der Waals surface area contributed by atoms with E-state index in [9.17, 15) is 16.8 Å². The lowest BCUT2D eigenvalue weighted by Gasteiger charge is -2.36. The average Bonchev–Trinajstić information content (AvgIpc) is 1.80. The van der Waals surface area contributed by atoms with Gasteiger partial charge < -0.3 is 0 Å². The van der Waals surface area contributed by atoms with Crippen LogP contribution in [-0.4, -0.2) is 34.1 Å². The van der Waals surface area contributed by atoms with Gasteiger partial charge in [0.1, 0.15) is 0 Å². The molecule has 0 unspecified atom stereocenters. The lowest BCUT2D eigenvalue weighted by molar-refractivity contribution is -0.119. The van der Waals surface area contributed by atoms with Gasteiger partial charge in [-0.05, 0) is 0 Å². The summed E-state index contributed by atoms with van der Waals surface area (Å²) >= 11 is 5.28. The zero-order chi connectivity index (χ0) is 10.3. The first kappa shape index (κ1) is 11.2. The van der Waals surface area contributed by atoms with Gasteiger partial charge in [-0.3, -0.25) is 0 Å². The van der Waals surface area contributed by atoms with Crippen molar-refractivity contribution in [2.45, 2.75) is 11.5 Å². The third-order valence-corrected chi connectivity index (χ3v) is 4.27. The summed E-state index contributed by atoms with van der Waals surface area (Å²) in [6, 6.07) is 0. The zero-order valence-electron chi connectivity index (χ0n) is 6.56. The fourth-order valence-electron chi connectivity index (χ4n) is 0.825. The highest BCUT2D eigenvalue weighted by atomic mass is 35.5. The molecule has 0 bridgehead atoms. The maximum atomic E-state index is 11.0. The predicted octanol–water partition coefficient (Wildman–Crippen LogP) is -0.395. The van der Waals surface area contributed by atoms with Crippen LogP contribution < -0.4 is 0 Å². The summed E-state index contributed by atoms with van der Waals surface area (Å²) in [7, 11) is -7.90. The maximum Gasteiger partial charge on any atom is 0.407 e. The van der Waals surface area contributed by atoms with E-state index in [2.05, 4.69) is 8.37 Å². The highest BCUT2D eigenvalue weighted by Gasteiger charge is 2.59. The fourth-order valence-corrected chi connectivity index (χ4v) is 3.95. The Kier molecular flexibility index (Phi) is 2.63. The molecule has 0 saturated carbocycles. The second kappa shape index (κ2) is 3.06. The molecule has 13 heavy (non-hydrogen) atoms.